The Bertz CT molecular complexity index is 642. The van der Waals surface area contributed by atoms with Gasteiger partial charge in [-0.05, 0) is 23.6 Å². The Balaban J connectivity index is 2.28. The van der Waals surface area contributed by atoms with Crippen LogP contribution < -0.4 is 11.1 Å². The van der Waals surface area contributed by atoms with Crippen LogP contribution in [0.25, 0.3) is 0 Å². The third-order valence-electron chi connectivity index (χ3n) is 4.44. The van der Waals surface area contributed by atoms with Crippen LogP contribution in [0.1, 0.15) is 23.6 Å². The highest BCUT2D eigenvalue weighted by molar-refractivity contribution is 5.49. The molecule has 0 amide bonds. The van der Waals surface area contributed by atoms with E-state index in [1.54, 1.807) is 0 Å². The first kappa shape index (κ1) is 16.4. The van der Waals surface area contributed by atoms with Crippen molar-refractivity contribution >= 4 is 0 Å². The van der Waals surface area contributed by atoms with Crippen LogP contribution in [0, 0.1) is 0 Å². The maximum absolute atomic E-state index is 5.95. The standard InChI is InChI=1S/C22H24N2/c1-18(17-23)24-22(19-11-5-2-6-12-19,20-13-7-3-8-14-20)21-15-9-4-10-16-21/h2-16,18,24H,17,23H2,1H3. The molecule has 0 heterocycles. The lowest BCUT2D eigenvalue weighted by Gasteiger charge is -2.39. The Kier molecular flexibility index (Phi) is 5.09. The molecule has 0 aliphatic heterocycles. The van der Waals surface area contributed by atoms with Crippen molar-refractivity contribution in [1.29, 1.82) is 0 Å². The van der Waals surface area contributed by atoms with E-state index in [-0.39, 0.29) is 6.04 Å². The molecule has 1 unspecified atom stereocenters. The summed E-state index contributed by atoms with van der Waals surface area (Å²) in [5, 5.41) is 3.80. The molecular weight excluding hydrogens is 292 g/mol. The van der Waals surface area contributed by atoms with Gasteiger partial charge in [0.1, 0.15) is 0 Å². The fraction of sp³-hybridized carbons (Fsp3) is 0.182. The normalized spacial score (nSPS) is 12.8. The molecule has 122 valence electrons. The average Bonchev–Trinajstić information content (AvgIpc) is 2.68. The third kappa shape index (κ3) is 3.12. The molecule has 0 aliphatic carbocycles. The third-order valence-corrected chi connectivity index (χ3v) is 4.44. The van der Waals surface area contributed by atoms with E-state index in [4.69, 9.17) is 5.73 Å². The Morgan fingerprint density at radius 2 is 1.04 bits per heavy atom. The predicted octanol–water partition coefficient (Wildman–Crippen LogP) is 3.92. The summed E-state index contributed by atoms with van der Waals surface area (Å²) in [6.07, 6.45) is 0. The molecule has 0 saturated heterocycles. The zero-order valence-electron chi connectivity index (χ0n) is 14.0. The van der Waals surface area contributed by atoms with Crippen molar-refractivity contribution in [2.24, 2.45) is 5.73 Å². The van der Waals surface area contributed by atoms with Gasteiger partial charge in [0.15, 0.2) is 0 Å². The van der Waals surface area contributed by atoms with Crippen LogP contribution in [0.4, 0.5) is 0 Å². The number of hydrogen-bond acceptors (Lipinski definition) is 2. The van der Waals surface area contributed by atoms with Crippen molar-refractivity contribution in [3.05, 3.63) is 108 Å². The first-order valence-electron chi connectivity index (χ1n) is 8.41. The largest absolute Gasteiger partial charge is 0.329 e. The van der Waals surface area contributed by atoms with E-state index >= 15 is 0 Å². The number of rotatable bonds is 6. The zero-order chi connectivity index (χ0) is 16.8. The molecule has 24 heavy (non-hydrogen) atoms. The van der Waals surface area contributed by atoms with Gasteiger partial charge in [-0.15, -0.1) is 0 Å². The van der Waals surface area contributed by atoms with Crippen LogP contribution in [0.5, 0.6) is 0 Å². The van der Waals surface area contributed by atoms with Crippen molar-refractivity contribution in [1.82, 2.24) is 5.32 Å². The van der Waals surface area contributed by atoms with Crippen molar-refractivity contribution in [2.75, 3.05) is 6.54 Å². The zero-order valence-corrected chi connectivity index (χ0v) is 14.0. The Labute approximate surface area is 144 Å². The second-order valence-electron chi connectivity index (χ2n) is 6.13. The van der Waals surface area contributed by atoms with Crippen molar-refractivity contribution in [3.8, 4) is 0 Å². The minimum Gasteiger partial charge on any atom is -0.329 e. The molecule has 0 spiro atoms. The van der Waals surface area contributed by atoms with Gasteiger partial charge >= 0.3 is 0 Å². The lowest BCUT2D eigenvalue weighted by molar-refractivity contribution is 0.411. The predicted molar refractivity (Wildman–Crippen MR) is 101 cm³/mol. The maximum Gasteiger partial charge on any atom is 0.0950 e. The van der Waals surface area contributed by atoms with E-state index in [1.807, 2.05) is 0 Å². The molecule has 3 N–H and O–H groups in total. The van der Waals surface area contributed by atoms with Gasteiger partial charge in [0.25, 0.3) is 0 Å². The summed E-state index contributed by atoms with van der Waals surface area (Å²) >= 11 is 0. The van der Waals surface area contributed by atoms with Gasteiger partial charge in [-0.3, -0.25) is 5.32 Å². The van der Waals surface area contributed by atoms with Gasteiger partial charge in [0.2, 0.25) is 0 Å². The Morgan fingerprint density at radius 1 is 0.708 bits per heavy atom. The Morgan fingerprint density at radius 3 is 1.33 bits per heavy atom. The molecule has 3 aromatic rings. The summed E-state index contributed by atoms with van der Waals surface area (Å²) in [7, 11) is 0. The first-order valence-corrected chi connectivity index (χ1v) is 8.41. The molecule has 0 bridgehead atoms. The molecule has 1 atom stereocenters. The van der Waals surface area contributed by atoms with Crippen molar-refractivity contribution in [3.63, 3.8) is 0 Å². The van der Waals surface area contributed by atoms with E-state index in [2.05, 4.69) is 103 Å². The molecule has 3 aromatic carbocycles. The van der Waals surface area contributed by atoms with E-state index < -0.39 is 5.54 Å². The summed E-state index contributed by atoms with van der Waals surface area (Å²) in [6, 6.07) is 31.9. The summed E-state index contributed by atoms with van der Waals surface area (Å²) in [5.74, 6) is 0. The fourth-order valence-corrected chi connectivity index (χ4v) is 3.24. The Hall–Kier alpha value is -2.42. The van der Waals surface area contributed by atoms with Crippen LogP contribution in [-0.2, 0) is 5.54 Å². The lowest BCUT2D eigenvalue weighted by atomic mass is 9.76. The summed E-state index contributed by atoms with van der Waals surface area (Å²) in [5.41, 5.74) is 9.16. The molecule has 2 nitrogen and oxygen atoms in total. The fourth-order valence-electron chi connectivity index (χ4n) is 3.24. The molecule has 0 aromatic heterocycles. The summed E-state index contributed by atoms with van der Waals surface area (Å²) in [4.78, 5) is 0. The van der Waals surface area contributed by atoms with Crippen molar-refractivity contribution < 1.29 is 0 Å². The van der Waals surface area contributed by atoms with Crippen LogP contribution >= 0.6 is 0 Å². The summed E-state index contributed by atoms with van der Waals surface area (Å²) < 4.78 is 0. The second kappa shape index (κ2) is 7.43. The van der Waals surface area contributed by atoms with E-state index in [9.17, 15) is 0 Å². The van der Waals surface area contributed by atoms with Crippen LogP contribution in [0.15, 0.2) is 91.0 Å². The van der Waals surface area contributed by atoms with Gasteiger partial charge in [0.05, 0.1) is 5.54 Å². The van der Waals surface area contributed by atoms with Gasteiger partial charge < -0.3 is 5.73 Å². The molecule has 3 rings (SSSR count). The van der Waals surface area contributed by atoms with Crippen LogP contribution in [0.3, 0.4) is 0 Å². The van der Waals surface area contributed by atoms with E-state index in [1.165, 1.54) is 16.7 Å². The van der Waals surface area contributed by atoms with Gasteiger partial charge in [-0.1, -0.05) is 91.0 Å². The monoisotopic (exact) mass is 316 g/mol. The molecule has 0 fully saturated rings. The van der Waals surface area contributed by atoms with Gasteiger partial charge in [-0.25, -0.2) is 0 Å². The quantitative estimate of drug-likeness (QED) is 0.677. The van der Waals surface area contributed by atoms with Crippen LogP contribution in [0.2, 0.25) is 0 Å². The number of hydrogen-bond donors (Lipinski definition) is 2. The minimum atomic E-state index is -0.428. The first-order chi connectivity index (χ1) is 11.8. The number of nitrogens with one attached hydrogen (secondary N) is 1. The highest BCUT2D eigenvalue weighted by Crippen LogP contribution is 2.37. The summed E-state index contributed by atoms with van der Waals surface area (Å²) in [6.45, 7) is 2.71. The average molecular weight is 316 g/mol. The number of benzene rings is 3. The van der Waals surface area contributed by atoms with Crippen molar-refractivity contribution in [2.45, 2.75) is 18.5 Å². The van der Waals surface area contributed by atoms with Gasteiger partial charge in [-0.2, -0.15) is 0 Å². The second-order valence-corrected chi connectivity index (χ2v) is 6.13. The highest BCUT2D eigenvalue weighted by Gasteiger charge is 2.36. The molecule has 0 radical (unpaired) electrons. The number of nitrogens with two attached hydrogens (primary N) is 1. The van der Waals surface area contributed by atoms with Crippen LogP contribution in [-0.4, -0.2) is 12.6 Å². The van der Waals surface area contributed by atoms with E-state index in [0.717, 1.165) is 0 Å². The molecular formula is C22H24N2. The molecule has 2 heteroatoms. The van der Waals surface area contributed by atoms with Gasteiger partial charge in [0, 0.05) is 12.6 Å². The highest BCUT2D eigenvalue weighted by atomic mass is 15.0. The lowest BCUT2D eigenvalue weighted by Crippen LogP contribution is -2.51. The smallest absolute Gasteiger partial charge is 0.0950 e. The minimum absolute atomic E-state index is 0.172. The maximum atomic E-state index is 5.95. The molecule has 0 saturated carbocycles. The topological polar surface area (TPSA) is 38.0 Å². The molecule has 0 aliphatic rings. The SMILES string of the molecule is CC(CN)NC(c1ccccc1)(c1ccccc1)c1ccccc1. The van der Waals surface area contributed by atoms with E-state index in [0.29, 0.717) is 6.54 Å².